The number of carbonyl (C=O) groups is 1. The molecule has 0 atom stereocenters. The van der Waals surface area contributed by atoms with E-state index in [1.54, 1.807) is 0 Å². The predicted octanol–water partition coefficient (Wildman–Crippen LogP) is 5.33. The maximum absolute atomic E-state index is 13.3. The van der Waals surface area contributed by atoms with Crippen LogP contribution in [-0.2, 0) is 13.0 Å². The Labute approximate surface area is 169 Å². The maximum atomic E-state index is 13.3. The van der Waals surface area contributed by atoms with Crippen LogP contribution in [0.1, 0.15) is 56.2 Å². The molecule has 0 N–H and O–H groups in total. The number of alkyl halides is 3. The van der Waals surface area contributed by atoms with Crippen molar-refractivity contribution in [3.8, 4) is 11.4 Å². The number of nitrogens with zero attached hydrogens (tertiary/aromatic N) is 3. The van der Waals surface area contributed by atoms with E-state index in [0.29, 0.717) is 12.2 Å². The molecular weight excluding hydrogens is 379 g/mol. The summed E-state index contributed by atoms with van der Waals surface area (Å²) in [5, 5.41) is 0. The van der Waals surface area contributed by atoms with Gasteiger partial charge in [-0.2, -0.15) is 13.2 Å². The van der Waals surface area contributed by atoms with E-state index in [4.69, 9.17) is 0 Å². The molecule has 0 aliphatic carbocycles. The van der Waals surface area contributed by atoms with Gasteiger partial charge < -0.3 is 9.47 Å². The number of carbonyl (C=O) groups excluding carboxylic acids is 1. The van der Waals surface area contributed by atoms with E-state index in [9.17, 15) is 18.0 Å². The molecule has 0 radical (unpaired) electrons. The van der Waals surface area contributed by atoms with Crippen LogP contribution in [0.4, 0.5) is 13.2 Å². The third-order valence-electron chi connectivity index (χ3n) is 4.92. The fourth-order valence-electron chi connectivity index (χ4n) is 3.84. The smallest absolute Gasteiger partial charge is 0.328 e. The molecule has 3 rings (SSSR count). The first-order valence-electron chi connectivity index (χ1n) is 10.1. The minimum atomic E-state index is -4.46. The highest BCUT2D eigenvalue weighted by molar-refractivity contribution is 5.94. The SMILES string of the molecule is CC(C)(C)CN(CC(F)(F)F)C(=O)c1nc(-c2ccccc2)n2c1CCCCC2. The zero-order valence-electron chi connectivity index (χ0n) is 17.2. The molecule has 0 fully saturated rings. The molecule has 2 heterocycles. The summed E-state index contributed by atoms with van der Waals surface area (Å²) in [4.78, 5) is 18.8. The molecule has 0 saturated carbocycles. The van der Waals surface area contributed by atoms with Crippen molar-refractivity contribution >= 4 is 5.91 Å². The van der Waals surface area contributed by atoms with E-state index in [1.807, 2.05) is 55.7 Å². The Morgan fingerprint density at radius 1 is 1.07 bits per heavy atom. The van der Waals surface area contributed by atoms with Crippen LogP contribution < -0.4 is 0 Å². The van der Waals surface area contributed by atoms with Crippen LogP contribution in [0.5, 0.6) is 0 Å². The molecule has 1 aliphatic rings. The van der Waals surface area contributed by atoms with Gasteiger partial charge in [0.25, 0.3) is 5.91 Å². The molecule has 1 aliphatic heterocycles. The molecule has 2 aromatic rings. The quantitative estimate of drug-likeness (QED) is 0.687. The highest BCUT2D eigenvalue weighted by Crippen LogP contribution is 2.29. The van der Waals surface area contributed by atoms with Crippen LogP contribution in [0.15, 0.2) is 30.3 Å². The molecule has 1 aromatic carbocycles. The lowest BCUT2D eigenvalue weighted by atomic mass is 9.95. The van der Waals surface area contributed by atoms with Gasteiger partial charge in [0.2, 0.25) is 0 Å². The van der Waals surface area contributed by atoms with Crippen LogP contribution in [-0.4, -0.2) is 39.6 Å². The first kappa shape index (κ1) is 21.4. The Hall–Kier alpha value is -2.31. The van der Waals surface area contributed by atoms with Crippen molar-refractivity contribution in [3.05, 3.63) is 41.7 Å². The average molecular weight is 407 g/mol. The Kier molecular flexibility index (Phi) is 6.05. The van der Waals surface area contributed by atoms with Crippen LogP contribution in [0, 0.1) is 5.41 Å². The first-order valence-corrected chi connectivity index (χ1v) is 10.1. The predicted molar refractivity (Wildman–Crippen MR) is 107 cm³/mol. The van der Waals surface area contributed by atoms with Crippen molar-refractivity contribution in [3.63, 3.8) is 0 Å². The van der Waals surface area contributed by atoms with E-state index in [2.05, 4.69) is 4.98 Å². The molecule has 1 amide bonds. The van der Waals surface area contributed by atoms with Gasteiger partial charge in [-0.15, -0.1) is 0 Å². The molecule has 4 nitrogen and oxygen atoms in total. The van der Waals surface area contributed by atoms with Crippen molar-refractivity contribution in [2.45, 2.75) is 59.2 Å². The maximum Gasteiger partial charge on any atom is 0.406 e. The van der Waals surface area contributed by atoms with Gasteiger partial charge in [0.05, 0.1) is 5.69 Å². The number of halogens is 3. The van der Waals surface area contributed by atoms with Gasteiger partial charge in [0.1, 0.15) is 18.1 Å². The van der Waals surface area contributed by atoms with E-state index >= 15 is 0 Å². The molecule has 0 unspecified atom stereocenters. The molecule has 29 heavy (non-hydrogen) atoms. The van der Waals surface area contributed by atoms with Crippen LogP contribution in [0.25, 0.3) is 11.4 Å². The molecular formula is C22H28F3N3O. The summed E-state index contributed by atoms with van der Waals surface area (Å²) >= 11 is 0. The van der Waals surface area contributed by atoms with Crippen molar-refractivity contribution in [2.24, 2.45) is 5.41 Å². The Bertz CT molecular complexity index is 835. The van der Waals surface area contributed by atoms with Gasteiger partial charge in [-0.25, -0.2) is 4.98 Å². The van der Waals surface area contributed by atoms with Gasteiger partial charge >= 0.3 is 6.18 Å². The first-order chi connectivity index (χ1) is 13.6. The number of aromatic nitrogens is 2. The van der Waals surface area contributed by atoms with Crippen molar-refractivity contribution in [2.75, 3.05) is 13.1 Å². The van der Waals surface area contributed by atoms with Crippen molar-refractivity contribution < 1.29 is 18.0 Å². The fourth-order valence-corrected chi connectivity index (χ4v) is 3.84. The summed E-state index contributed by atoms with van der Waals surface area (Å²) in [6.45, 7) is 4.94. The fraction of sp³-hybridized carbons (Fsp3) is 0.545. The summed E-state index contributed by atoms with van der Waals surface area (Å²) in [6, 6.07) is 9.51. The van der Waals surface area contributed by atoms with E-state index in [0.717, 1.165) is 42.0 Å². The number of imidazole rings is 1. The Balaban J connectivity index is 2.05. The zero-order valence-corrected chi connectivity index (χ0v) is 17.2. The second kappa shape index (κ2) is 8.20. The van der Waals surface area contributed by atoms with Crippen LogP contribution >= 0.6 is 0 Å². The van der Waals surface area contributed by atoms with Gasteiger partial charge in [-0.3, -0.25) is 4.79 Å². The molecule has 0 bridgehead atoms. The highest BCUT2D eigenvalue weighted by Gasteiger charge is 2.37. The number of fused-ring (bicyclic) bond motifs is 1. The molecule has 0 saturated heterocycles. The Morgan fingerprint density at radius 2 is 1.76 bits per heavy atom. The Morgan fingerprint density at radius 3 is 2.38 bits per heavy atom. The normalized spacial score (nSPS) is 15.0. The lowest BCUT2D eigenvalue weighted by Crippen LogP contribution is -2.43. The summed E-state index contributed by atoms with van der Waals surface area (Å²) < 4.78 is 41.7. The third kappa shape index (κ3) is 5.40. The van der Waals surface area contributed by atoms with Gasteiger partial charge in [-0.05, 0) is 24.7 Å². The molecule has 158 valence electrons. The van der Waals surface area contributed by atoms with E-state index < -0.39 is 24.0 Å². The standard InChI is InChI=1S/C22H28F3N3O/c1-21(2,3)14-27(15-22(23,24)25)20(29)18-17-12-8-5-9-13-28(17)19(26-18)16-10-6-4-7-11-16/h4,6-7,10-11H,5,8-9,12-15H2,1-3H3. The van der Waals surface area contributed by atoms with Gasteiger partial charge in [-0.1, -0.05) is 57.5 Å². The minimum Gasteiger partial charge on any atom is -0.328 e. The second-order valence-corrected chi connectivity index (χ2v) is 8.90. The number of hydrogen-bond donors (Lipinski definition) is 0. The number of amides is 1. The largest absolute Gasteiger partial charge is 0.406 e. The number of rotatable bonds is 4. The van der Waals surface area contributed by atoms with Gasteiger partial charge in [0.15, 0.2) is 0 Å². The summed E-state index contributed by atoms with van der Waals surface area (Å²) in [5.41, 5.74) is 1.33. The van der Waals surface area contributed by atoms with Gasteiger partial charge in [0, 0.05) is 18.7 Å². The average Bonchev–Trinajstić information content (AvgIpc) is 2.80. The topological polar surface area (TPSA) is 38.1 Å². The van der Waals surface area contributed by atoms with E-state index in [-0.39, 0.29) is 12.2 Å². The molecule has 1 aromatic heterocycles. The van der Waals surface area contributed by atoms with E-state index in [1.165, 1.54) is 0 Å². The monoisotopic (exact) mass is 407 g/mol. The minimum absolute atomic E-state index is 0.0122. The lowest BCUT2D eigenvalue weighted by Gasteiger charge is -2.30. The molecule has 0 spiro atoms. The summed E-state index contributed by atoms with van der Waals surface area (Å²) in [5.74, 6) is 0.0265. The van der Waals surface area contributed by atoms with Crippen molar-refractivity contribution in [1.29, 1.82) is 0 Å². The summed E-state index contributed by atoms with van der Waals surface area (Å²) in [6.07, 6.45) is -0.919. The zero-order chi connectivity index (χ0) is 21.2. The summed E-state index contributed by atoms with van der Waals surface area (Å²) in [7, 11) is 0. The highest BCUT2D eigenvalue weighted by atomic mass is 19.4. The number of benzene rings is 1. The second-order valence-electron chi connectivity index (χ2n) is 8.90. The lowest BCUT2D eigenvalue weighted by molar-refractivity contribution is -0.142. The molecule has 7 heteroatoms. The van der Waals surface area contributed by atoms with Crippen molar-refractivity contribution in [1.82, 2.24) is 14.5 Å². The number of hydrogen-bond acceptors (Lipinski definition) is 2. The third-order valence-corrected chi connectivity index (χ3v) is 4.92. The van der Waals surface area contributed by atoms with Crippen LogP contribution in [0.3, 0.4) is 0 Å². The van der Waals surface area contributed by atoms with Crippen LogP contribution in [0.2, 0.25) is 0 Å².